The van der Waals surface area contributed by atoms with Crippen LogP contribution in [0.5, 0.6) is 0 Å². The van der Waals surface area contributed by atoms with Crippen molar-refractivity contribution in [1.82, 2.24) is 14.7 Å². The molecule has 2 aliphatic heterocycles. The fourth-order valence-electron chi connectivity index (χ4n) is 2.87. The number of halogens is 1. The highest BCUT2D eigenvalue weighted by Gasteiger charge is 2.29. The summed E-state index contributed by atoms with van der Waals surface area (Å²) >= 11 is 6.24. The topological polar surface area (TPSA) is 45.8 Å². The molecule has 0 saturated heterocycles. The van der Waals surface area contributed by atoms with Crippen LogP contribution in [0.4, 0.5) is 5.82 Å². The lowest BCUT2D eigenvalue weighted by molar-refractivity contribution is 0.543. The van der Waals surface area contributed by atoms with Gasteiger partial charge in [0.15, 0.2) is 5.82 Å². The molecule has 2 aliphatic rings. The SMILES string of the molecule is CC1=Nc2c(cnn2-c2ccc(C)c(Cl)c2)C2=NCCCN12. The summed E-state index contributed by atoms with van der Waals surface area (Å²) in [6.45, 7) is 5.83. The van der Waals surface area contributed by atoms with Crippen molar-refractivity contribution in [3.63, 3.8) is 0 Å². The Bertz CT molecular complexity index is 818. The van der Waals surface area contributed by atoms with Crippen LogP contribution in [0.2, 0.25) is 5.02 Å². The maximum absolute atomic E-state index is 6.24. The minimum Gasteiger partial charge on any atom is -0.314 e. The van der Waals surface area contributed by atoms with Crippen LogP contribution in [0.25, 0.3) is 5.69 Å². The number of nitrogens with zero attached hydrogens (tertiary/aromatic N) is 5. The van der Waals surface area contributed by atoms with Crippen molar-refractivity contribution in [3.05, 3.63) is 40.5 Å². The number of aryl methyl sites for hydroxylation is 1. The Morgan fingerprint density at radius 3 is 2.91 bits per heavy atom. The quantitative estimate of drug-likeness (QED) is 0.810. The highest BCUT2D eigenvalue weighted by atomic mass is 35.5. The molecular formula is C16H16ClN5. The molecule has 0 amide bonds. The molecule has 0 unspecified atom stereocenters. The van der Waals surface area contributed by atoms with E-state index in [1.54, 1.807) is 0 Å². The zero-order valence-electron chi connectivity index (χ0n) is 12.5. The highest BCUT2D eigenvalue weighted by molar-refractivity contribution is 6.31. The zero-order valence-corrected chi connectivity index (χ0v) is 13.3. The summed E-state index contributed by atoms with van der Waals surface area (Å²) in [6.07, 6.45) is 2.91. The Labute approximate surface area is 133 Å². The summed E-state index contributed by atoms with van der Waals surface area (Å²) < 4.78 is 1.83. The van der Waals surface area contributed by atoms with Crippen LogP contribution >= 0.6 is 11.6 Å². The molecule has 0 saturated carbocycles. The fourth-order valence-corrected chi connectivity index (χ4v) is 3.05. The molecule has 0 N–H and O–H groups in total. The van der Waals surface area contributed by atoms with E-state index in [0.29, 0.717) is 0 Å². The maximum Gasteiger partial charge on any atom is 0.168 e. The molecule has 0 atom stereocenters. The Balaban J connectivity index is 1.88. The molecule has 4 rings (SSSR count). The molecule has 5 nitrogen and oxygen atoms in total. The molecule has 1 aromatic carbocycles. The number of rotatable bonds is 1. The molecule has 2 aromatic rings. The first-order valence-electron chi connectivity index (χ1n) is 7.37. The van der Waals surface area contributed by atoms with E-state index in [0.717, 1.165) is 58.8 Å². The molecule has 0 bridgehead atoms. The lowest BCUT2D eigenvalue weighted by Gasteiger charge is -2.31. The molecule has 0 fully saturated rings. The van der Waals surface area contributed by atoms with Gasteiger partial charge < -0.3 is 4.90 Å². The number of amidine groups is 2. The predicted octanol–water partition coefficient (Wildman–Crippen LogP) is 3.35. The van der Waals surface area contributed by atoms with Gasteiger partial charge in [-0.05, 0) is 38.0 Å². The summed E-state index contributed by atoms with van der Waals surface area (Å²) in [7, 11) is 0. The van der Waals surface area contributed by atoms with Crippen LogP contribution in [-0.4, -0.2) is 39.4 Å². The van der Waals surface area contributed by atoms with E-state index in [4.69, 9.17) is 16.6 Å². The number of aliphatic imine (C=N–C) groups is 2. The van der Waals surface area contributed by atoms with Crippen molar-refractivity contribution in [2.45, 2.75) is 20.3 Å². The molecule has 112 valence electrons. The Morgan fingerprint density at radius 1 is 1.23 bits per heavy atom. The molecular weight excluding hydrogens is 298 g/mol. The molecule has 0 radical (unpaired) electrons. The van der Waals surface area contributed by atoms with E-state index in [9.17, 15) is 0 Å². The third kappa shape index (κ3) is 1.96. The van der Waals surface area contributed by atoms with Gasteiger partial charge in [-0.3, -0.25) is 4.99 Å². The van der Waals surface area contributed by atoms with Gasteiger partial charge in [-0.1, -0.05) is 17.7 Å². The van der Waals surface area contributed by atoms with E-state index in [-0.39, 0.29) is 0 Å². The van der Waals surface area contributed by atoms with Gasteiger partial charge in [0.2, 0.25) is 0 Å². The predicted molar refractivity (Wildman–Crippen MR) is 88.8 cm³/mol. The second-order valence-corrected chi connectivity index (χ2v) is 6.00. The third-order valence-corrected chi connectivity index (χ3v) is 4.51. The second kappa shape index (κ2) is 4.95. The summed E-state index contributed by atoms with van der Waals surface area (Å²) in [4.78, 5) is 11.6. The van der Waals surface area contributed by atoms with Crippen molar-refractivity contribution >= 4 is 29.1 Å². The Kier molecular flexibility index (Phi) is 3.04. The van der Waals surface area contributed by atoms with E-state index in [2.05, 4.69) is 15.0 Å². The van der Waals surface area contributed by atoms with Gasteiger partial charge in [0.1, 0.15) is 11.7 Å². The van der Waals surface area contributed by atoms with Gasteiger partial charge in [-0.25, -0.2) is 9.67 Å². The van der Waals surface area contributed by atoms with Crippen molar-refractivity contribution in [2.24, 2.45) is 9.98 Å². The Hall–Kier alpha value is -2.14. The summed E-state index contributed by atoms with van der Waals surface area (Å²) in [5.41, 5.74) is 2.95. The van der Waals surface area contributed by atoms with E-state index < -0.39 is 0 Å². The van der Waals surface area contributed by atoms with Gasteiger partial charge in [0, 0.05) is 18.1 Å². The number of aromatic nitrogens is 2. The standard InChI is InChI=1S/C16H16ClN5/c1-10-4-5-12(8-14(10)17)22-16-13(9-19-22)15-18-6-3-7-21(15)11(2)20-16/h4-5,8-9H,3,6-7H2,1-2H3. The summed E-state index contributed by atoms with van der Waals surface area (Å²) in [6, 6.07) is 5.92. The Morgan fingerprint density at radius 2 is 2.09 bits per heavy atom. The molecule has 0 aliphatic carbocycles. The first kappa shape index (κ1) is 13.5. The lowest BCUT2D eigenvalue weighted by Crippen LogP contribution is -2.41. The number of hydrogen-bond acceptors (Lipinski definition) is 4. The van der Waals surface area contributed by atoms with Crippen molar-refractivity contribution in [1.29, 1.82) is 0 Å². The van der Waals surface area contributed by atoms with E-state index in [1.165, 1.54) is 0 Å². The van der Waals surface area contributed by atoms with Crippen molar-refractivity contribution in [2.75, 3.05) is 13.1 Å². The third-order valence-electron chi connectivity index (χ3n) is 4.10. The first-order valence-corrected chi connectivity index (χ1v) is 7.75. The van der Waals surface area contributed by atoms with Crippen LogP contribution in [0.1, 0.15) is 24.5 Å². The fraction of sp³-hybridized carbons (Fsp3) is 0.312. The second-order valence-electron chi connectivity index (χ2n) is 5.60. The zero-order chi connectivity index (χ0) is 15.3. The first-order chi connectivity index (χ1) is 10.6. The van der Waals surface area contributed by atoms with Crippen LogP contribution in [0.15, 0.2) is 34.4 Å². The van der Waals surface area contributed by atoms with Crippen molar-refractivity contribution in [3.8, 4) is 5.69 Å². The molecule has 1 aromatic heterocycles. The van der Waals surface area contributed by atoms with E-state index >= 15 is 0 Å². The van der Waals surface area contributed by atoms with Crippen molar-refractivity contribution < 1.29 is 0 Å². The van der Waals surface area contributed by atoms with Gasteiger partial charge in [-0.2, -0.15) is 5.10 Å². The maximum atomic E-state index is 6.24. The average Bonchev–Trinajstić information content (AvgIpc) is 2.94. The molecule has 6 heteroatoms. The largest absolute Gasteiger partial charge is 0.314 e. The highest BCUT2D eigenvalue weighted by Crippen LogP contribution is 2.31. The summed E-state index contributed by atoms with van der Waals surface area (Å²) in [5, 5.41) is 5.24. The van der Waals surface area contributed by atoms with E-state index in [1.807, 2.05) is 42.9 Å². The minimum absolute atomic E-state index is 0.731. The van der Waals surface area contributed by atoms with Crippen LogP contribution < -0.4 is 0 Å². The monoisotopic (exact) mass is 313 g/mol. The van der Waals surface area contributed by atoms with Gasteiger partial charge in [0.25, 0.3) is 0 Å². The smallest absolute Gasteiger partial charge is 0.168 e. The average molecular weight is 314 g/mol. The number of hydrogen-bond donors (Lipinski definition) is 0. The van der Waals surface area contributed by atoms with Gasteiger partial charge >= 0.3 is 0 Å². The van der Waals surface area contributed by atoms with Crippen LogP contribution in [0.3, 0.4) is 0 Å². The summed E-state index contributed by atoms with van der Waals surface area (Å²) in [5.74, 6) is 2.78. The number of benzene rings is 1. The van der Waals surface area contributed by atoms with Gasteiger partial charge in [-0.15, -0.1) is 0 Å². The van der Waals surface area contributed by atoms with Gasteiger partial charge in [0.05, 0.1) is 17.4 Å². The van der Waals surface area contributed by atoms with Crippen LogP contribution in [0, 0.1) is 6.92 Å². The lowest BCUT2D eigenvalue weighted by atomic mass is 10.1. The normalized spacial score (nSPS) is 16.8. The molecule has 22 heavy (non-hydrogen) atoms. The molecule has 0 spiro atoms. The minimum atomic E-state index is 0.731. The number of fused-ring (bicyclic) bond motifs is 3. The van der Waals surface area contributed by atoms with Crippen LogP contribution in [-0.2, 0) is 0 Å². The molecule has 3 heterocycles.